The molecule has 1 aromatic heterocycles. The molecule has 0 N–H and O–H groups in total. The van der Waals surface area contributed by atoms with Crippen LogP contribution < -0.4 is 26.3 Å². The Morgan fingerprint density at radius 3 is 3.06 bits per heavy atom. The number of aryl methyl sites for hydroxylation is 1. The van der Waals surface area contributed by atoms with Gasteiger partial charge in [-0.3, -0.25) is 0 Å². The first-order valence-electron chi connectivity index (χ1n) is 5.20. The summed E-state index contributed by atoms with van der Waals surface area (Å²) in [5.74, 6) is 0.829. The fourth-order valence-corrected chi connectivity index (χ4v) is 3.28. The van der Waals surface area contributed by atoms with Gasteiger partial charge in [-0.05, 0) is 34.7 Å². The predicted molar refractivity (Wildman–Crippen MR) is 72.0 cm³/mol. The molecule has 0 bridgehead atoms. The van der Waals surface area contributed by atoms with Crippen molar-refractivity contribution in [2.75, 3.05) is 6.61 Å². The Morgan fingerprint density at radius 1 is 1.41 bits per heavy atom. The van der Waals surface area contributed by atoms with Gasteiger partial charge >= 0.3 is 0 Å². The minimum atomic E-state index is 0. The fourth-order valence-electron chi connectivity index (χ4n) is 2.10. The van der Waals surface area contributed by atoms with Crippen molar-refractivity contribution in [2.45, 2.75) is 13.0 Å². The van der Waals surface area contributed by atoms with E-state index in [0.29, 0.717) is 5.02 Å². The molecule has 1 aliphatic heterocycles. The van der Waals surface area contributed by atoms with E-state index in [0.717, 1.165) is 30.8 Å². The second-order valence-electron chi connectivity index (χ2n) is 3.84. The van der Waals surface area contributed by atoms with Crippen molar-refractivity contribution in [2.24, 2.45) is 0 Å². The van der Waals surface area contributed by atoms with Crippen LogP contribution in [0.15, 0.2) is 24.4 Å². The van der Waals surface area contributed by atoms with Crippen LogP contribution in [0.3, 0.4) is 0 Å². The molecule has 0 spiro atoms. The predicted octanol–water partition coefficient (Wildman–Crippen LogP) is 0.172. The molecule has 17 heavy (non-hydrogen) atoms. The van der Waals surface area contributed by atoms with E-state index in [1.807, 2.05) is 6.07 Å². The highest BCUT2D eigenvalue weighted by atomic mass is 127. The van der Waals surface area contributed by atoms with Crippen molar-refractivity contribution in [1.82, 2.24) is 0 Å². The zero-order valence-electron chi connectivity index (χ0n) is 8.92. The molecule has 0 aliphatic carbocycles. The number of hydrogen-bond acceptors (Lipinski definition) is 1. The third-order valence-corrected chi connectivity index (χ3v) is 3.98. The van der Waals surface area contributed by atoms with Crippen molar-refractivity contribution in [3.8, 4) is 5.75 Å². The number of hydrogen-bond donors (Lipinski definition) is 0. The summed E-state index contributed by atoms with van der Waals surface area (Å²) < 4.78 is 9.15. The third-order valence-electron chi connectivity index (χ3n) is 2.80. The molecule has 1 aliphatic rings. The van der Waals surface area contributed by atoms with E-state index in [4.69, 9.17) is 16.3 Å². The molecule has 90 valence electrons. The lowest BCUT2D eigenvalue weighted by molar-refractivity contribution is -0.670. The smallest absolute Gasteiger partial charge is 0.257 e. The van der Waals surface area contributed by atoms with Crippen LogP contribution >= 0.6 is 34.2 Å². The number of nitrogens with zero attached hydrogens (tertiary/aromatic N) is 1. The summed E-state index contributed by atoms with van der Waals surface area (Å²) >= 11 is 8.56. The summed E-state index contributed by atoms with van der Waals surface area (Å²) in [6, 6.07) is 6.16. The van der Waals surface area contributed by atoms with Crippen LogP contribution in [0, 0.1) is 3.57 Å². The van der Waals surface area contributed by atoms with Gasteiger partial charge < -0.3 is 21.7 Å². The molecule has 0 fully saturated rings. The first-order chi connectivity index (χ1) is 7.77. The summed E-state index contributed by atoms with van der Waals surface area (Å²) in [5.41, 5.74) is 1.12. The Hall–Kier alpha value is -0.0700. The van der Waals surface area contributed by atoms with E-state index in [-0.39, 0.29) is 17.0 Å². The summed E-state index contributed by atoms with van der Waals surface area (Å²) in [7, 11) is 0. The summed E-state index contributed by atoms with van der Waals surface area (Å²) in [4.78, 5) is 0. The van der Waals surface area contributed by atoms with Crippen LogP contribution in [-0.2, 0) is 6.54 Å². The lowest BCUT2D eigenvalue weighted by Gasteiger charge is -2.06. The van der Waals surface area contributed by atoms with E-state index >= 15 is 0 Å². The van der Waals surface area contributed by atoms with Gasteiger partial charge in [-0.25, -0.2) is 0 Å². The van der Waals surface area contributed by atoms with Gasteiger partial charge in [0.15, 0.2) is 12.7 Å². The molecular formula is C12H10BrClINO. The van der Waals surface area contributed by atoms with E-state index in [2.05, 4.69) is 45.5 Å². The molecule has 0 saturated heterocycles. The van der Waals surface area contributed by atoms with Crippen LogP contribution in [0.25, 0.3) is 10.9 Å². The summed E-state index contributed by atoms with van der Waals surface area (Å²) in [5, 5.41) is 1.92. The highest BCUT2D eigenvalue weighted by molar-refractivity contribution is 14.1. The summed E-state index contributed by atoms with van der Waals surface area (Å²) in [6.07, 6.45) is 3.11. The van der Waals surface area contributed by atoms with Crippen LogP contribution in [0.2, 0.25) is 5.02 Å². The number of rotatable bonds is 0. The van der Waals surface area contributed by atoms with E-state index in [1.54, 1.807) is 0 Å². The SMILES string of the molecule is Clc1cc(I)c2ccc[n+]3c2c1OCCC3.[Br-]. The number of ether oxygens (including phenoxy) is 1. The average molecular weight is 426 g/mol. The molecule has 0 unspecified atom stereocenters. The molecule has 2 heterocycles. The van der Waals surface area contributed by atoms with Crippen LogP contribution in [0.1, 0.15) is 6.42 Å². The van der Waals surface area contributed by atoms with E-state index in [9.17, 15) is 0 Å². The van der Waals surface area contributed by atoms with Gasteiger partial charge in [0.05, 0.1) is 17.0 Å². The standard InChI is InChI=1S/C12H10ClINO.BrH/c13-9-7-10(14)8-3-1-4-15-5-2-6-16-12(9)11(8)15;/h1,3-4,7H,2,5-6H2;1H/q+1;/p-1. The van der Waals surface area contributed by atoms with Gasteiger partial charge in [-0.2, -0.15) is 4.57 Å². The first-order valence-corrected chi connectivity index (χ1v) is 6.66. The van der Waals surface area contributed by atoms with Crippen molar-refractivity contribution in [3.05, 3.63) is 33.0 Å². The molecule has 0 atom stereocenters. The third kappa shape index (κ3) is 2.27. The molecule has 1 aromatic carbocycles. The van der Waals surface area contributed by atoms with E-state index < -0.39 is 0 Å². The van der Waals surface area contributed by atoms with Crippen molar-refractivity contribution < 1.29 is 26.3 Å². The van der Waals surface area contributed by atoms with Crippen molar-refractivity contribution in [3.63, 3.8) is 0 Å². The van der Waals surface area contributed by atoms with Crippen LogP contribution in [-0.4, -0.2) is 6.61 Å². The highest BCUT2D eigenvalue weighted by Crippen LogP contribution is 2.35. The van der Waals surface area contributed by atoms with Gasteiger partial charge in [0.25, 0.3) is 5.52 Å². The molecule has 0 saturated carbocycles. The summed E-state index contributed by atoms with van der Waals surface area (Å²) in [6.45, 7) is 1.72. The maximum atomic E-state index is 6.24. The van der Waals surface area contributed by atoms with E-state index in [1.165, 1.54) is 8.96 Å². The molecule has 0 radical (unpaired) electrons. The minimum absolute atomic E-state index is 0. The Morgan fingerprint density at radius 2 is 2.24 bits per heavy atom. The minimum Gasteiger partial charge on any atom is -1.00 e. The Balaban J connectivity index is 0.00000108. The van der Waals surface area contributed by atoms with Crippen molar-refractivity contribution in [1.29, 1.82) is 0 Å². The second kappa shape index (κ2) is 5.28. The zero-order valence-corrected chi connectivity index (χ0v) is 13.4. The molecule has 0 amide bonds. The van der Waals surface area contributed by atoms with Gasteiger partial charge in [-0.1, -0.05) is 11.6 Å². The molecular weight excluding hydrogens is 416 g/mol. The number of aromatic nitrogens is 1. The fraction of sp³-hybridized carbons (Fsp3) is 0.250. The van der Waals surface area contributed by atoms with Crippen molar-refractivity contribution >= 4 is 45.1 Å². The van der Waals surface area contributed by atoms with Crippen LogP contribution in [0.4, 0.5) is 0 Å². The van der Waals surface area contributed by atoms with Gasteiger partial charge in [0, 0.05) is 16.1 Å². The molecule has 5 heteroatoms. The number of benzene rings is 1. The topological polar surface area (TPSA) is 13.1 Å². The molecule has 3 rings (SSSR count). The van der Waals surface area contributed by atoms with Crippen LogP contribution in [0.5, 0.6) is 5.75 Å². The first kappa shape index (κ1) is 13.4. The second-order valence-corrected chi connectivity index (χ2v) is 5.40. The maximum Gasteiger partial charge on any atom is 0.257 e. The Kier molecular flexibility index (Phi) is 4.15. The normalized spacial score (nSPS) is 13.8. The van der Waals surface area contributed by atoms with Gasteiger partial charge in [-0.15, -0.1) is 0 Å². The molecule has 2 nitrogen and oxygen atoms in total. The number of halogens is 3. The Labute approximate surface area is 129 Å². The maximum absolute atomic E-state index is 6.24. The van der Waals surface area contributed by atoms with Gasteiger partial charge in [0.2, 0.25) is 5.75 Å². The molecule has 2 aromatic rings. The Bertz CT molecular complexity index is 576. The van der Waals surface area contributed by atoms with Gasteiger partial charge in [0.1, 0.15) is 0 Å². The quantitative estimate of drug-likeness (QED) is 0.433. The number of pyridine rings is 1. The highest BCUT2D eigenvalue weighted by Gasteiger charge is 2.22. The zero-order chi connectivity index (χ0) is 11.1. The lowest BCUT2D eigenvalue weighted by Crippen LogP contribution is -3.00. The monoisotopic (exact) mass is 425 g/mol. The lowest BCUT2D eigenvalue weighted by atomic mass is 10.2. The average Bonchev–Trinajstić information content (AvgIpc) is 2.49. The largest absolute Gasteiger partial charge is 1.00 e.